The van der Waals surface area contributed by atoms with Gasteiger partial charge in [-0.25, -0.2) is 0 Å². The average Bonchev–Trinajstić information content (AvgIpc) is 2.43. The minimum Gasteiger partial charge on any atom is -0.435 e. The van der Waals surface area contributed by atoms with Gasteiger partial charge in [0.15, 0.2) is 0 Å². The first kappa shape index (κ1) is 18.9. The number of esters is 1. The van der Waals surface area contributed by atoms with E-state index in [0.29, 0.717) is 0 Å². The van der Waals surface area contributed by atoms with Gasteiger partial charge in [-0.1, -0.05) is 57.6 Å². The standard InChI is InChI=1S/C18H32O2/c1-3-4-5-6-7-8-9-10-11-12-13-14-15-16-17-20-18(2)19/h4-5,16-17H,3,6-15H2,1-2H3/b5-4+,17-16+. The Bertz CT molecular complexity index is 267. The average molecular weight is 280 g/mol. The van der Waals surface area contributed by atoms with Crippen LogP contribution in [0, 0.1) is 0 Å². The summed E-state index contributed by atoms with van der Waals surface area (Å²) in [5.74, 6) is -0.244. The number of hydrogen-bond donors (Lipinski definition) is 0. The van der Waals surface area contributed by atoms with Crippen LogP contribution < -0.4 is 0 Å². The molecular weight excluding hydrogens is 248 g/mol. The third-order valence-electron chi connectivity index (χ3n) is 3.22. The molecule has 0 rings (SSSR count). The van der Waals surface area contributed by atoms with Crippen LogP contribution in [0.25, 0.3) is 0 Å². The van der Waals surface area contributed by atoms with Gasteiger partial charge in [0.05, 0.1) is 6.26 Å². The first-order chi connectivity index (χ1) is 9.77. The van der Waals surface area contributed by atoms with Gasteiger partial charge in [0.1, 0.15) is 0 Å². The summed E-state index contributed by atoms with van der Waals surface area (Å²) in [6.45, 7) is 3.60. The highest BCUT2D eigenvalue weighted by Gasteiger charge is 1.92. The number of rotatable bonds is 13. The zero-order valence-electron chi connectivity index (χ0n) is 13.4. The molecule has 0 aliphatic rings. The fourth-order valence-corrected chi connectivity index (χ4v) is 2.08. The lowest BCUT2D eigenvalue weighted by Crippen LogP contribution is -1.89. The van der Waals surface area contributed by atoms with Gasteiger partial charge < -0.3 is 4.74 Å². The first-order valence-electron chi connectivity index (χ1n) is 8.24. The molecule has 2 heteroatoms. The number of unbranched alkanes of at least 4 members (excludes halogenated alkanes) is 9. The van der Waals surface area contributed by atoms with Crippen LogP contribution in [-0.4, -0.2) is 5.97 Å². The Morgan fingerprint density at radius 2 is 1.30 bits per heavy atom. The summed E-state index contributed by atoms with van der Waals surface area (Å²) in [6, 6.07) is 0. The number of carbonyl (C=O) groups is 1. The predicted octanol–water partition coefficient (Wildman–Crippen LogP) is 5.93. The van der Waals surface area contributed by atoms with Crippen molar-refractivity contribution in [1.29, 1.82) is 0 Å². The van der Waals surface area contributed by atoms with E-state index in [-0.39, 0.29) is 5.97 Å². The minimum atomic E-state index is -0.244. The third kappa shape index (κ3) is 16.9. The zero-order valence-corrected chi connectivity index (χ0v) is 13.4. The van der Waals surface area contributed by atoms with E-state index < -0.39 is 0 Å². The lowest BCUT2D eigenvalue weighted by Gasteiger charge is -2.00. The molecule has 20 heavy (non-hydrogen) atoms. The lowest BCUT2D eigenvalue weighted by molar-refractivity contribution is -0.135. The number of carbonyl (C=O) groups excluding carboxylic acids is 1. The van der Waals surface area contributed by atoms with Crippen molar-refractivity contribution in [2.24, 2.45) is 0 Å². The minimum absolute atomic E-state index is 0.244. The Kier molecular flexibility index (Phi) is 15.2. The van der Waals surface area contributed by atoms with E-state index in [1.165, 1.54) is 71.0 Å². The molecule has 0 aliphatic carbocycles. The van der Waals surface area contributed by atoms with Crippen molar-refractivity contribution in [2.45, 2.75) is 84.5 Å². The van der Waals surface area contributed by atoms with Crippen LogP contribution in [0.4, 0.5) is 0 Å². The van der Waals surface area contributed by atoms with Gasteiger partial charge in [0, 0.05) is 6.92 Å². The van der Waals surface area contributed by atoms with Gasteiger partial charge in [0.2, 0.25) is 0 Å². The van der Waals surface area contributed by atoms with Crippen molar-refractivity contribution in [3.63, 3.8) is 0 Å². The molecule has 0 spiro atoms. The van der Waals surface area contributed by atoms with Crippen molar-refractivity contribution in [3.05, 3.63) is 24.5 Å². The molecule has 0 fully saturated rings. The Labute approximate surface area is 125 Å². The maximum atomic E-state index is 10.5. The van der Waals surface area contributed by atoms with E-state index in [4.69, 9.17) is 4.74 Å². The zero-order chi connectivity index (χ0) is 14.9. The molecule has 0 aliphatic heterocycles. The molecule has 0 aromatic rings. The van der Waals surface area contributed by atoms with Gasteiger partial charge in [-0.3, -0.25) is 4.79 Å². The van der Waals surface area contributed by atoms with Gasteiger partial charge in [-0.2, -0.15) is 0 Å². The normalized spacial score (nSPS) is 11.5. The summed E-state index contributed by atoms with van der Waals surface area (Å²) >= 11 is 0. The van der Waals surface area contributed by atoms with Crippen molar-refractivity contribution in [1.82, 2.24) is 0 Å². The van der Waals surface area contributed by atoms with E-state index in [1.54, 1.807) is 0 Å². The number of hydrogen-bond acceptors (Lipinski definition) is 2. The second-order valence-corrected chi connectivity index (χ2v) is 5.27. The maximum Gasteiger partial charge on any atom is 0.307 e. The molecule has 0 heterocycles. The van der Waals surface area contributed by atoms with E-state index in [1.807, 2.05) is 6.08 Å². The van der Waals surface area contributed by atoms with Gasteiger partial charge in [-0.05, 0) is 38.2 Å². The molecule has 116 valence electrons. The first-order valence-corrected chi connectivity index (χ1v) is 8.24. The topological polar surface area (TPSA) is 26.3 Å². The van der Waals surface area contributed by atoms with E-state index in [9.17, 15) is 4.79 Å². The van der Waals surface area contributed by atoms with Crippen molar-refractivity contribution >= 4 is 5.97 Å². The summed E-state index contributed by atoms with van der Waals surface area (Å²) < 4.78 is 4.72. The molecule has 0 atom stereocenters. The van der Waals surface area contributed by atoms with Crippen LogP contribution in [0.3, 0.4) is 0 Å². The van der Waals surface area contributed by atoms with Crippen molar-refractivity contribution in [3.8, 4) is 0 Å². The molecule has 0 aromatic heterocycles. The van der Waals surface area contributed by atoms with E-state index in [2.05, 4.69) is 19.1 Å². The quantitative estimate of drug-likeness (QED) is 0.181. The van der Waals surface area contributed by atoms with Crippen LogP contribution >= 0.6 is 0 Å². The van der Waals surface area contributed by atoms with E-state index >= 15 is 0 Å². The Morgan fingerprint density at radius 1 is 0.800 bits per heavy atom. The fourth-order valence-electron chi connectivity index (χ4n) is 2.08. The second-order valence-electron chi connectivity index (χ2n) is 5.27. The molecule has 0 aromatic carbocycles. The van der Waals surface area contributed by atoms with Crippen LogP contribution in [-0.2, 0) is 9.53 Å². The molecular formula is C18H32O2. The SMILES string of the molecule is CC/C=C/CCCCCCCCCC/C=C/OC(C)=O. The van der Waals surface area contributed by atoms with Crippen LogP contribution in [0.2, 0.25) is 0 Å². The van der Waals surface area contributed by atoms with Crippen LogP contribution in [0.15, 0.2) is 24.5 Å². The second kappa shape index (κ2) is 16.0. The fraction of sp³-hybridized carbons (Fsp3) is 0.722. The Morgan fingerprint density at radius 3 is 1.80 bits per heavy atom. The molecule has 0 unspecified atom stereocenters. The predicted molar refractivity (Wildman–Crippen MR) is 86.5 cm³/mol. The molecule has 0 bridgehead atoms. The summed E-state index contributed by atoms with van der Waals surface area (Å²) in [5, 5.41) is 0. The molecule has 0 N–H and O–H groups in total. The molecule has 0 amide bonds. The van der Waals surface area contributed by atoms with Crippen molar-refractivity contribution in [2.75, 3.05) is 0 Å². The summed E-state index contributed by atoms with van der Waals surface area (Å²) in [7, 11) is 0. The van der Waals surface area contributed by atoms with Gasteiger partial charge >= 0.3 is 5.97 Å². The highest BCUT2D eigenvalue weighted by atomic mass is 16.5. The smallest absolute Gasteiger partial charge is 0.307 e. The highest BCUT2D eigenvalue weighted by Crippen LogP contribution is 2.11. The molecule has 0 radical (unpaired) electrons. The summed E-state index contributed by atoms with van der Waals surface area (Å²) in [5.41, 5.74) is 0. The molecule has 2 nitrogen and oxygen atoms in total. The van der Waals surface area contributed by atoms with Crippen LogP contribution in [0.1, 0.15) is 84.5 Å². The van der Waals surface area contributed by atoms with Crippen LogP contribution in [0.5, 0.6) is 0 Å². The van der Waals surface area contributed by atoms with Gasteiger partial charge in [0.25, 0.3) is 0 Å². The van der Waals surface area contributed by atoms with Gasteiger partial charge in [-0.15, -0.1) is 0 Å². The third-order valence-corrected chi connectivity index (χ3v) is 3.22. The largest absolute Gasteiger partial charge is 0.435 e. The summed E-state index contributed by atoms with van der Waals surface area (Å²) in [4.78, 5) is 10.5. The Balaban J connectivity index is 3.08. The monoisotopic (exact) mass is 280 g/mol. The highest BCUT2D eigenvalue weighted by molar-refractivity contribution is 5.66. The summed E-state index contributed by atoms with van der Waals surface area (Å²) in [6.07, 6.45) is 22.1. The molecule has 0 saturated carbocycles. The number of allylic oxidation sites excluding steroid dienone is 3. The van der Waals surface area contributed by atoms with Crippen molar-refractivity contribution < 1.29 is 9.53 Å². The Hall–Kier alpha value is -1.05. The lowest BCUT2D eigenvalue weighted by atomic mass is 10.1. The maximum absolute atomic E-state index is 10.5. The molecule has 0 saturated heterocycles. The van der Waals surface area contributed by atoms with E-state index in [0.717, 1.165) is 12.8 Å². The number of ether oxygens (including phenoxy) is 1.